The van der Waals surface area contributed by atoms with Gasteiger partial charge in [-0.15, -0.1) is 0 Å². The number of halogens is 1. The lowest BCUT2D eigenvalue weighted by molar-refractivity contribution is 0.104. The second-order valence-electron chi connectivity index (χ2n) is 5.20. The maximum Gasteiger partial charge on any atom is 0.261 e. The van der Waals surface area contributed by atoms with Crippen molar-refractivity contribution in [3.8, 4) is 0 Å². The number of rotatable bonds is 4. The van der Waals surface area contributed by atoms with Crippen LogP contribution in [0.4, 0.5) is 0 Å². The van der Waals surface area contributed by atoms with Gasteiger partial charge in [0.2, 0.25) is 0 Å². The SMILES string of the molecule is O=C(/C=C/c1ccc(S(=O)(=O)Cl)c2ccccc12)c1ccccc1. The summed E-state index contributed by atoms with van der Waals surface area (Å²) >= 11 is 0. The van der Waals surface area contributed by atoms with Gasteiger partial charge in [-0.2, -0.15) is 0 Å². The molecule has 0 aliphatic carbocycles. The van der Waals surface area contributed by atoms with Crippen LogP contribution in [0, 0.1) is 0 Å². The van der Waals surface area contributed by atoms with Gasteiger partial charge in [0, 0.05) is 21.6 Å². The lowest BCUT2D eigenvalue weighted by atomic mass is 10.0. The molecule has 0 unspecified atom stereocenters. The predicted molar refractivity (Wildman–Crippen MR) is 96.8 cm³/mol. The number of ketones is 1. The summed E-state index contributed by atoms with van der Waals surface area (Å²) < 4.78 is 23.4. The predicted octanol–water partition coefficient (Wildman–Crippen LogP) is 4.66. The zero-order chi connectivity index (χ0) is 17.2. The van der Waals surface area contributed by atoms with E-state index in [1.54, 1.807) is 54.6 Å². The summed E-state index contributed by atoms with van der Waals surface area (Å²) in [5.41, 5.74) is 1.34. The van der Waals surface area contributed by atoms with Crippen LogP contribution in [0.2, 0.25) is 0 Å². The summed E-state index contributed by atoms with van der Waals surface area (Å²) in [6.45, 7) is 0. The third kappa shape index (κ3) is 3.40. The molecule has 3 nitrogen and oxygen atoms in total. The Labute approximate surface area is 144 Å². The van der Waals surface area contributed by atoms with Gasteiger partial charge in [-0.05, 0) is 23.1 Å². The first kappa shape index (κ1) is 16.4. The third-order valence-electron chi connectivity index (χ3n) is 3.65. The average Bonchev–Trinajstić information content (AvgIpc) is 2.59. The van der Waals surface area contributed by atoms with Crippen LogP contribution < -0.4 is 0 Å². The number of carbonyl (C=O) groups is 1. The van der Waals surface area contributed by atoms with E-state index in [9.17, 15) is 13.2 Å². The summed E-state index contributed by atoms with van der Waals surface area (Å²) in [5, 5.41) is 1.25. The Kier molecular flexibility index (Phi) is 4.51. The normalized spacial score (nSPS) is 11.9. The number of carbonyl (C=O) groups excluding carboxylic acids is 1. The fourth-order valence-corrected chi connectivity index (χ4v) is 3.59. The van der Waals surface area contributed by atoms with Crippen molar-refractivity contribution in [2.45, 2.75) is 4.90 Å². The van der Waals surface area contributed by atoms with Gasteiger partial charge in [0.1, 0.15) is 0 Å². The third-order valence-corrected chi connectivity index (χ3v) is 5.03. The molecule has 0 fully saturated rings. The van der Waals surface area contributed by atoms with Crippen LogP contribution in [0.3, 0.4) is 0 Å². The monoisotopic (exact) mass is 356 g/mol. The van der Waals surface area contributed by atoms with Gasteiger partial charge in [0.15, 0.2) is 5.78 Å². The van der Waals surface area contributed by atoms with Crippen LogP contribution in [-0.2, 0) is 9.05 Å². The Morgan fingerprint density at radius 1 is 0.833 bits per heavy atom. The molecule has 0 aliphatic rings. The van der Waals surface area contributed by atoms with Crippen molar-refractivity contribution in [2.24, 2.45) is 0 Å². The maximum atomic E-state index is 12.2. The van der Waals surface area contributed by atoms with Crippen LogP contribution in [-0.4, -0.2) is 14.2 Å². The van der Waals surface area contributed by atoms with E-state index in [2.05, 4.69) is 0 Å². The lowest BCUT2D eigenvalue weighted by Gasteiger charge is -2.06. The molecule has 0 amide bonds. The Morgan fingerprint density at radius 2 is 1.46 bits per heavy atom. The molecule has 0 spiro atoms. The highest BCUT2D eigenvalue weighted by Gasteiger charge is 2.15. The zero-order valence-electron chi connectivity index (χ0n) is 12.5. The Hall–Kier alpha value is -2.43. The molecule has 0 aromatic heterocycles. The minimum Gasteiger partial charge on any atom is -0.289 e. The number of hydrogen-bond donors (Lipinski definition) is 0. The van der Waals surface area contributed by atoms with Crippen LogP contribution >= 0.6 is 10.7 Å². The number of allylic oxidation sites excluding steroid dienone is 1. The van der Waals surface area contributed by atoms with Gasteiger partial charge in [-0.3, -0.25) is 4.79 Å². The topological polar surface area (TPSA) is 51.2 Å². The number of benzene rings is 3. The van der Waals surface area contributed by atoms with Gasteiger partial charge in [0.25, 0.3) is 9.05 Å². The molecule has 0 radical (unpaired) electrons. The Balaban J connectivity index is 2.06. The minimum atomic E-state index is -3.84. The van der Waals surface area contributed by atoms with E-state index in [1.165, 1.54) is 12.1 Å². The van der Waals surface area contributed by atoms with Crippen molar-refractivity contribution in [1.29, 1.82) is 0 Å². The average molecular weight is 357 g/mol. The van der Waals surface area contributed by atoms with E-state index in [0.717, 1.165) is 10.9 Å². The molecule has 5 heteroatoms. The summed E-state index contributed by atoms with van der Waals surface area (Å²) in [6, 6.07) is 19.1. The molecule has 120 valence electrons. The van der Waals surface area contributed by atoms with E-state index < -0.39 is 9.05 Å². The molecule has 3 aromatic carbocycles. The van der Waals surface area contributed by atoms with Gasteiger partial charge < -0.3 is 0 Å². The maximum absolute atomic E-state index is 12.2. The van der Waals surface area contributed by atoms with Gasteiger partial charge >= 0.3 is 0 Å². The van der Waals surface area contributed by atoms with E-state index in [0.29, 0.717) is 10.9 Å². The van der Waals surface area contributed by atoms with Crippen molar-refractivity contribution >= 4 is 42.4 Å². The van der Waals surface area contributed by atoms with Gasteiger partial charge in [-0.1, -0.05) is 66.7 Å². The van der Waals surface area contributed by atoms with Gasteiger partial charge in [0.05, 0.1) is 4.90 Å². The molecular weight excluding hydrogens is 344 g/mol. The first-order chi connectivity index (χ1) is 11.5. The molecule has 0 heterocycles. The molecular formula is C19H13ClO3S. The first-order valence-corrected chi connectivity index (χ1v) is 9.51. The molecule has 3 aromatic rings. The van der Waals surface area contributed by atoms with Crippen LogP contribution in [0.25, 0.3) is 16.8 Å². The standard InChI is InChI=1S/C19H13ClO3S/c20-24(22,23)19-13-11-14(16-8-4-5-9-17(16)19)10-12-18(21)15-6-2-1-3-7-15/h1-13H/b12-10+. The van der Waals surface area contributed by atoms with Crippen molar-refractivity contribution in [2.75, 3.05) is 0 Å². The second-order valence-corrected chi connectivity index (χ2v) is 7.73. The summed E-state index contributed by atoms with van der Waals surface area (Å²) in [4.78, 5) is 12.2. The Morgan fingerprint density at radius 3 is 2.12 bits per heavy atom. The quantitative estimate of drug-likeness (QED) is 0.388. The van der Waals surface area contributed by atoms with Crippen LogP contribution in [0.1, 0.15) is 15.9 Å². The minimum absolute atomic E-state index is 0.0614. The van der Waals surface area contributed by atoms with Crippen molar-refractivity contribution in [3.63, 3.8) is 0 Å². The van der Waals surface area contributed by atoms with Crippen molar-refractivity contribution < 1.29 is 13.2 Å². The van der Waals surface area contributed by atoms with Crippen molar-refractivity contribution in [3.05, 3.63) is 83.9 Å². The molecule has 0 saturated heterocycles. The summed E-state index contributed by atoms with van der Waals surface area (Å²) in [7, 11) is 1.66. The first-order valence-electron chi connectivity index (χ1n) is 7.21. The highest BCUT2D eigenvalue weighted by molar-refractivity contribution is 8.14. The summed E-state index contributed by atoms with van der Waals surface area (Å²) in [5.74, 6) is -0.117. The van der Waals surface area contributed by atoms with Crippen LogP contribution in [0.5, 0.6) is 0 Å². The van der Waals surface area contributed by atoms with E-state index >= 15 is 0 Å². The van der Waals surface area contributed by atoms with E-state index in [4.69, 9.17) is 10.7 Å². The fourth-order valence-electron chi connectivity index (χ4n) is 2.52. The summed E-state index contributed by atoms with van der Waals surface area (Å²) in [6.07, 6.45) is 3.16. The highest BCUT2D eigenvalue weighted by Crippen LogP contribution is 2.29. The second kappa shape index (κ2) is 6.59. The molecule has 0 aliphatic heterocycles. The number of hydrogen-bond acceptors (Lipinski definition) is 3. The number of fused-ring (bicyclic) bond motifs is 1. The molecule has 0 atom stereocenters. The fraction of sp³-hybridized carbons (Fsp3) is 0. The molecule has 3 rings (SSSR count). The molecule has 0 saturated carbocycles. The van der Waals surface area contributed by atoms with Crippen LogP contribution in [0.15, 0.2) is 77.7 Å². The highest BCUT2D eigenvalue weighted by atomic mass is 35.7. The molecule has 24 heavy (non-hydrogen) atoms. The molecule has 0 N–H and O–H groups in total. The van der Waals surface area contributed by atoms with E-state index in [-0.39, 0.29) is 10.7 Å². The Bertz CT molecular complexity index is 1040. The largest absolute Gasteiger partial charge is 0.289 e. The van der Waals surface area contributed by atoms with E-state index in [1.807, 2.05) is 12.1 Å². The zero-order valence-corrected chi connectivity index (χ0v) is 14.1. The van der Waals surface area contributed by atoms with Gasteiger partial charge in [-0.25, -0.2) is 8.42 Å². The molecule has 0 bridgehead atoms. The van der Waals surface area contributed by atoms with Crippen molar-refractivity contribution in [1.82, 2.24) is 0 Å². The smallest absolute Gasteiger partial charge is 0.261 e. The lowest BCUT2D eigenvalue weighted by Crippen LogP contribution is -1.95.